The summed E-state index contributed by atoms with van der Waals surface area (Å²) in [4.78, 5) is 15.2. The number of rotatable bonds is 4. The fourth-order valence-corrected chi connectivity index (χ4v) is 3.38. The van der Waals surface area contributed by atoms with Gasteiger partial charge in [-0.05, 0) is 70.7 Å². The van der Waals surface area contributed by atoms with Crippen molar-refractivity contribution in [3.05, 3.63) is 34.9 Å². The predicted octanol–water partition coefficient (Wildman–Crippen LogP) is 4.39. The topological polar surface area (TPSA) is 20.3 Å². The van der Waals surface area contributed by atoms with Crippen LogP contribution in [0.5, 0.6) is 0 Å². The largest absolute Gasteiger partial charge is 0.293 e. The predicted molar refractivity (Wildman–Crippen MR) is 88.9 cm³/mol. The molecule has 1 aromatic carbocycles. The van der Waals surface area contributed by atoms with Crippen molar-refractivity contribution in [1.82, 2.24) is 4.90 Å². The molecule has 1 heterocycles. The van der Waals surface area contributed by atoms with E-state index in [1.54, 1.807) is 0 Å². The number of ketones is 1. The van der Waals surface area contributed by atoms with Crippen LogP contribution in [0.1, 0.15) is 61.0 Å². The van der Waals surface area contributed by atoms with Crippen molar-refractivity contribution >= 4 is 5.78 Å². The third-order valence-corrected chi connectivity index (χ3v) is 5.05. The molecule has 0 saturated carbocycles. The Bertz CT molecular complexity index is 494. The van der Waals surface area contributed by atoms with Gasteiger partial charge in [0.25, 0.3) is 0 Å². The van der Waals surface area contributed by atoms with E-state index in [4.69, 9.17) is 0 Å². The van der Waals surface area contributed by atoms with Crippen molar-refractivity contribution in [3.8, 4) is 0 Å². The molecule has 1 fully saturated rings. The Balaban J connectivity index is 2.10. The maximum Gasteiger partial charge on any atom is 0.179 e. The number of Topliss-reactive ketones (excluding diaryl/α,β-unsaturated/α-hetero) is 1. The van der Waals surface area contributed by atoms with E-state index in [9.17, 15) is 4.79 Å². The monoisotopic (exact) mass is 287 g/mol. The quantitative estimate of drug-likeness (QED) is 0.766. The van der Waals surface area contributed by atoms with Crippen molar-refractivity contribution in [2.24, 2.45) is 5.92 Å². The Morgan fingerprint density at radius 3 is 2.76 bits per heavy atom. The third kappa shape index (κ3) is 3.94. The molecule has 0 spiro atoms. The minimum Gasteiger partial charge on any atom is -0.293 e. The molecular formula is C19H29NO. The van der Waals surface area contributed by atoms with Crippen LogP contribution >= 0.6 is 0 Å². The molecule has 1 aliphatic heterocycles. The van der Waals surface area contributed by atoms with Crippen molar-refractivity contribution in [2.45, 2.75) is 59.4 Å². The maximum absolute atomic E-state index is 12.8. The van der Waals surface area contributed by atoms with Gasteiger partial charge >= 0.3 is 0 Å². The van der Waals surface area contributed by atoms with Gasteiger partial charge in [-0.15, -0.1) is 0 Å². The Morgan fingerprint density at radius 2 is 2.05 bits per heavy atom. The van der Waals surface area contributed by atoms with Crippen LogP contribution in [0.2, 0.25) is 0 Å². The summed E-state index contributed by atoms with van der Waals surface area (Å²) in [5.74, 6) is 1.13. The molecule has 2 unspecified atom stereocenters. The smallest absolute Gasteiger partial charge is 0.179 e. The second-order valence-corrected chi connectivity index (χ2v) is 6.60. The van der Waals surface area contributed by atoms with Gasteiger partial charge < -0.3 is 0 Å². The summed E-state index contributed by atoms with van der Waals surface area (Å²) in [6.45, 7) is 10.6. The fraction of sp³-hybridized carbons (Fsp3) is 0.632. The lowest BCUT2D eigenvalue weighted by atomic mass is 9.97. The highest BCUT2D eigenvalue weighted by atomic mass is 16.1. The highest BCUT2D eigenvalue weighted by molar-refractivity contribution is 6.01. The number of nitrogens with zero attached hydrogens (tertiary/aromatic N) is 1. The van der Waals surface area contributed by atoms with Crippen LogP contribution < -0.4 is 0 Å². The second kappa shape index (κ2) is 7.22. The van der Waals surface area contributed by atoms with E-state index in [-0.39, 0.29) is 11.8 Å². The zero-order valence-electron chi connectivity index (χ0n) is 14.0. The van der Waals surface area contributed by atoms with Gasteiger partial charge in [-0.2, -0.15) is 0 Å². The van der Waals surface area contributed by atoms with Gasteiger partial charge in [0.2, 0.25) is 0 Å². The number of hydrogen-bond donors (Lipinski definition) is 0. The van der Waals surface area contributed by atoms with Crippen molar-refractivity contribution < 1.29 is 4.79 Å². The van der Waals surface area contributed by atoms with Crippen molar-refractivity contribution in [1.29, 1.82) is 0 Å². The minimum atomic E-state index is 0.00102. The van der Waals surface area contributed by atoms with Gasteiger partial charge in [0.1, 0.15) is 0 Å². The zero-order valence-corrected chi connectivity index (χ0v) is 14.0. The lowest BCUT2D eigenvalue weighted by molar-refractivity contribution is 0.0840. The van der Waals surface area contributed by atoms with Crippen molar-refractivity contribution in [3.63, 3.8) is 0 Å². The molecule has 116 valence electrons. The lowest BCUT2D eigenvalue weighted by Crippen LogP contribution is -2.40. The molecule has 2 rings (SSSR count). The molecule has 0 amide bonds. The summed E-state index contributed by atoms with van der Waals surface area (Å²) in [5.41, 5.74) is 3.16. The van der Waals surface area contributed by atoms with Gasteiger partial charge in [0.15, 0.2) is 5.78 Å². The van der Waals surface area contributed by atoms with Gasteiger partial charge in [-0.1, -0.05) is 31.0 Å². The van der Waals surface area contributed by atoms with E-state index in [0.717, 1.165) is 35.7 Å². The molecular weight excluding hydrogens is 258 g/mol. The zero-order chi connectivity index (χ0) is 15.4. The first kappa shape index (κ1) is 16.2. The number of aryl methyl sites for hydroxylation is 2. The average molecular weight is 287 g/mol. The van der Waals surface area contributed by atoms with Gasteiger partial charge in [-0.3, -0.25) is 9.69 Å². The van der Waals surface area contributed by atoms with Crippen LogP contribution in [0.15, 0.2) is 18.2 Å². The Kier molecular flexibility index (Phi) is 5.58. The van der Waals surface area contributed by atoms with E-state index in [2.05, 4.69) is 37.8 Å². The van der Waals surface area contributed by atoms with E-state index in [1.165, 1.54) is 25.7 Å². The molecule has 1 saturated heterocycles. The minimum absolute atomic E-state index is 0.00102. The summed E-state index contributed by atoms with van der Waals surface area (Å²) in [6.07, 6.45) is 5.05. The third-order valence-electron chi connectivity index (χ3n) is 5.05. The van der Waals surface area contributed by atoms with E-state index in [0.29, 0.717) is 0 Å². The summed E-state index contributed by atoms with van der Waals surface area (Å²) >= 11 is 0. The fourth-order valence-electron chi connectivity index (χ4n) is 3.38. The summed E-state index contributed by atoms with van der Waals surface area (Å²) < 4.78 is 0. The maximum atomic E-state index is 12.8. The van der Waals surface area contributed by atoms with Crippen LogP contribution in [0, 0.1) is 19.8 Å². The number of likely N-dealkylation sites (tertiary alicyclic amines) is 1. The van der Waals surface area contributed by atoms with Gasteiger partial charge in [0, 0.05) is 5.56 Å². The van der Waals surface area contributed by atoms with Gasteiger partial charge in [0.05, 0.1) is 6.04 Å². The highest BCUT2D eigenvalue weighted by Gasteiger charge is 2.25. The van der Waals surface area contributed by atoms with E-state index in [1.807, 2.05) is 13.0 Å². The molecule has 0 N–H and O–H groups in total. The number of carbonyl (C=O) groups is 1. The second-order valence-electron chi connectivity index (χ2n) is 6.60. The SMILES string of the molecule is CCC1CCCN(C(C)C(=O)c2cc(C)ccc2C)CC1. The Labute approximate surface area is 129 Å². The lowest BCUT2D eigenvalue weighted by Gasteiger charge is -2.27. The van der Waals surface area contributed by atoms with Crippen molar-refractivity contribution in [2.75, 3.05) is 13.1 Å². The number of carbonyl (C=O) groups excluding carboxylic acids is 1. The van der Waals surface area contributed by atoms with Gasteiger partial charge in [-0.25, -0.2) is 0 Å². The van der Waals surface area contributed by atoms with Crippen LogP contribution in [0.4, 0.5) is 0 Å². The van der Waals surface area contributed by atoms with E-state index < -0.39 is 0 Å². The molecule has 0 bridgehead atoms. The van der Waals surface area contributed by atoms with Crippen LogP contribution in [0.3, 0.4) is 0 Å². The molecule has 0 aromatic heterocycles. The molecule has 0 aliphatic carbocycles. The first-order valence-electron chi connectivity index (χ1n) is 8.38. The summed E-state index contributed by atoms with van der Waals surface area (Å²) in [6, 6.07) is 6.18. The Morgan fingerprint density at radius 1 is 1.29 bits per heavy atom. The van der Waals surface area contributed by atoms with E-state index >= 15 is 0 Å². The summed E-state index contributed by atoms with van der Waals surface area (Å²) in [5, 5.41) is 0. The molecule has 21 heavy (non-hydrogen) atoms. The molecule has 0 radical (unpaired) electrons. The summed E-state index contributed by atoms with van der Waals surface area (Å²) in [7, 11) is 0. The molecule has 2 heteroatoms. The van der Waals surface area contributed by atoms with Crippen LogP contribution in [0.25, 0.3) is 0 Å². The normalized spacial score (nSPS) is 21.8. The average Bonchev–Trinajstić information content (AvgIpc) is 2.73. The molecule has 2 atom stereocenters. The van der Waals surface area contributed by atoms with Crippen LogP contribution in [-0.2, 0) is 0 Å². The molecule has 1 aromatic rings. The molecule has 2 nitrogen and oxygen atoms in total. The highest BCUT2D eigenvalue weighted by Crippen LogP contribution is 2.23. The number of hydrogen-bond acceptors (Lipinski definition) is 2. The van der Waals surface area contributed by atoms with Crippen LogP contribution in [-0.4, -0.2) is 29.8 Å². The molecule has 1 aliphatic rings. The number of benzene rings is 1. The first-order valence-corrected chi connectivity index (χ1v) is 8.38. The first-order chi connectivity index (χ1) is 10.0. The Hall–Kier alpha value is -1.15. The standard InChI is InChI=1S/C19H29NO/c1-5-17-7-6-11-20(12-10-17)16(4)19(21)18-13-14(2)8-9-15(18)3/h8-9,13,16-17H,5-7,10-12H2,1-4H3.